The molecule has 21 heavy (non-hydrogen) atoms. The minimum atomic E-state index is -1.14. The Hall–Kier alpha value is -2.44. The quantitative estimate of drug-likeness (QED) is 0.883. The van der Waals surface area contributed by atoms with E-state index >= 15 is 0 Å². The zero-order chi connectivity index (χ0) is 15.7. The number of nitrogens with one attached hydrogen (secondary N) is 1. The Balaban J connectivity index is 3.03. The number of aromatic carboxylic acids is 1. The molecule has 112 valence electrons. The summed E-state index contributed by atoms with van der Waals surface area (Å²) in [6, 6.07) is 0. The maximum Gasteiger partial charge on any atom is 0.337 e. The Labute approximate surface area is 120 Å². The van der Waals surface area contributed by atoms with Crippen molar-refractivity contribution in [2.45, 2.75) is 39.7 Å². The van der Waals surface area contributed by atoms with Crippen LogP contribution < -0.4 is 11.2 Å². The first-order chi connectivity index (χ1) is 9.88. The summed E-state index contributed by atoms with van der Waals surface area (Å²) >= 11 is 0. The second kappa shape index (κ2) is 5.51. The summed E-state index contributed by atoms with van der Waals surface area (Å²) in [4.78, 5) is 41.7. The molecule has 2 aromatic heterocycles. The van der Waals surface area contributed by atoms with Crippen molar-refractivity contribution in [1.29, 1.82) is 0 Å². The summed E-state index contributed by atoms with van der Waals surface area (Å²) in [7, 11) is 0. The maximum absolute atomic E-state index is 12.2. The molecule has 2 rings (SSSR count). The Kier molecular flexibility index (Phi) is 3.93. The van der Waals surface area contributed by atoms with Crippen molar-refractivity contribution in [2.24, 2.45) is 0 Å². The number of carbonyl (C=O) groups is 1. The molecule has 0 bridgehead atoms. The minimum Gasteiger partial charge on any atom is -0.478 e. The fraction of sp³-hybridized carbons (Fsp3) is 0.429. The van der Waals surface area contributed by atoms with Crippen molar-refractivity contribution in [3.63, 3.8) is 0 Å². The number of carboxylic acid groups (broad SMARTS) is 1. The van der Waals surface area contributed by atoms with Crippen molar-refractivity contribution >= 4 is 17.0 Å². The normalized spacial score (nSPS) is 11.2. The molecule has 0 unspecified atom stereocenters. The van der Waals surface area contributed by atoms with Crippen molar-refractivity contribution in [2.75, 3.05) is 0 Å². The van der Waals surface area contributed by atoms with Gasteiger partial charge in [0, 0.05) is 12.7 Å². The van der Waals surface area contributed by atoms with Crippen LogP contribution in [0.15, 0.2) is 15.8 Å². The fourth-order valence-corrected chi connectivity index (χ4v) is 2.47. The summed E-state index contributed by atoms with van der Waals surface area (Å²) in [5.74, 6) is -1.32. The molecule has 0 radical (unpaired) electrons. The largest absolute Gasteiger partial charge is 0.478 e. The van der Waals surface area contributed by atoms with Gasteiger partial charge in [-0.3, -0.25) is 14.3 Å². The highest BCUT2D eigenvalue weighted by molar-refractivity contribution is 5.95. The van der Waals surface area contributed by atoms with E-state index in [-0.39, 0.29) is 22.5 Å². The molecule has 7 nitrogen and oxygen atoms in total. The second-order valence-electron chi connectivity index (χ2n) is 5.15. The lowest BCUT2D eigenvalue weighted by Gasteiger charge is -2.14. The first kappa shape index (κ1) is 15.0. The van der Waals surface area contributed by atoms with E-state index in [9.17, 15) is 19.5 Å². The van der Waals surface area contributed by atoms with Gasteiger partial charge in [0.15, 0.2) is 0 Å². The number of pyridine rings is 1. The first-order valence-corrected chi connectivity index (χ1v) is 6.77. The number of aryl methyl sites for hydroxylation is 1. The third kappa shape index (κ3) is 2.46. The molecule has 0 amide bonds. The highest BCUT2D eigenvalue weighted by atomic mass is 16.4. The van der Waals surface area contributed by atoms with E-state index in [0.717, 1.165) is 0 Å². The summed E-state index contributed by atoms with van der Waals surface area (Å²) in [5, 5.41) is 9.45. The molecule has 7 heteroatoms. The zero-order valence-corrected chi connectivity index (χ0v) is 12.1. The molecule has 0 saturated carbocycles. The molecule has 0 aliphatic heterocycles. The smallest absolute Gasteiger partial charge is 0.337 e. The van der Waals surface area contributed by atoms with Crippen LogP contribution >= 0.6 is 0 Å². The number of H-pyrrole nitrogens is 1. The van der Waals surface area contributed by atoms with E-state index in [1.807, 2.05) is 6.92 Å². The van der Waals surface area contributed by atoms with Crippen molar-refractivity contribution < 1.29 is 9.90 Å². The fourth-order valence-electron chi connectivity index (χ4n) is 2.47. The molecule has 0 saturated heterocycles. The lowest BCUT2D eigenvalue weighted by Crippen LogP contribution is -2.32. The topological polar surface area (TPSA) is 105 Å². The lowest BCUT2D eigenvalue weighted by atomic mass is 9.95. The van der Waals surface area contributed by atoms with E-state index < -0.39 is 17.2 Å². The Morgan fingerprint density at radius 1 is 1.43 bits per heavy atom. The summed E-state index contributed by atoms with van der Waals surface area (Å²) < 4.78 is 1.37. The van der Waals surface area contributed by atoms with Crippen LogP contribution in [0.4, 0.5) is 0 Å². The van der Waals surface area contributed by atoms with Crippen LogP contribution in [0.5, 0.6) is 0 Å². The van der Waals surface area contributed by atoms with E-state index in [1.54, 1.807) is 13.8 Å². The van der Waals surface area contributed by atoms with Gasteiger partial charge in [-0.2, -0.15) is 0 Å². The number of aromatic amines is 1. The molecule has 0 spiro atoms. The molecule has 0 fully saturated rings. The van der Waals surface area contributed by atoms with Gasteiger partial charge in [0.05, 0.1) is 10.9 Å². The monoisotopic (exact) mass is 291 g/mol. The summed E-state index contributed by atoms with van der Waals surface area (Å²) in [6.07, 6.45) is 1.91. The van der Waals surface area contributed by atoms with E-state index in [1.165, 1.54) is 10.8 Å². The molecular formula is C14H17N3O4. The highest BCUT2D eigenvalue weighted by Crippen LogP contribution is 2.24. The van der Waals surface area contributed by atoms with Gasteiger partial charge in [-0.25, -0.2) is 14.6 Å². The van der Waals surface area contributed by atoms with Gasteiger partial charge >= 0.3 is 11.7 Å². The van der Waals surface area contributed by atoms with Crippen molar-refractivity contribution in [1.82, 2.24) is 14.5 Å². The Morgan fingerprint density at radius 2 is 2.10 bits per heavy atom. The predicted molar refractivity (Wildman–Crippen MR) is 78.0 cm³/mol. The molecule has 0 aromatic carbocycles. The van der Waals surface area contributed by atoms with Crippen LogP contribution in [0.1, 0.15) is 49.0 Å². The maximum atomic E-state index is 12.2. The zero-order valence-electron chi connectivity index (χ0n) is 12.1. The average molecular weight is 291 g/mol. The lowest BCUT2D eigenvalue weighted by molar-refractivity contribution is 0.0695. The molecule has 0 aliphatic carbocycles. The van der Waals surface area contributed by atoms with E-state index in [0.29, 0.717) is 18.5 Å². The van der Waals surface area contributed by atoms with Gasteiger partial charge in [0.1, 0.15) is 5.65 Å². The van der Waals surface area contributed by atoms with Gasteiger partial charge in [-0.05, 0) is 17.9 Å². The molecule has 2 aromatic rings. The van der Waals surface area contributed by atoms with Gasteiger partial charge in [0.2, 0.25) is 0 Å². The molecular weight excluding hydrogens is 274 g/mol. The van der Waals surface area contributed by atoms with Crippen LogP contribution in [0, 0.1) is 0 Å². The number of hydrogen-bond acceptors (Lipinski definition) is 4. The Bertz CT molecular complexity index is 817. The molecule has 2 N–H and O–H groups in total. The number of rotatable bonds is 4. The van der Waals surface area contributed by atoms with Crippen LogP contribution in [-0.2, 0) is 6.54 Å². The van der Waals surface area contributed by atoms with Crippen LogP contribution in [-0.4, -0.2) is 25.6 Å². The van der Waals surface area contributed by atoms with E-state index in [4.69, 9.17) is 0 Å². The predicted octanol–water partition coefficient (Wildman–Crippen LogP) is 1.32. The first-order valence-electron chi connectivity index (χ1n) is 6.77. The second-order valence-corrected chi connectivity index (χ2v) is 5.15. The summed E-state index contributed by atoms with van der Waals surface area (Å²) in [5.41, 5.74) is -0.496. The van der Waals surface area contributed by atoms with Crippen LogP contribution in [0.3, 0.4) is 0 Å². The number of fused-ring (bicyclic) bond motifs is 1. The minimum absolute atomic E-state index is 0.00954. The number of carboxylic acids is 1. The van der Waals surface area contributed by atoms with Gasteiger partial charge in [-0.15, -0.1) is 0 Å². The van der Waals surface area contributed by atoms with Crippen LogP contribution in [0.25, 0.3) is 11.0 Å². The average Bonchev–Trinajstić information content (AvgIpc) is 2.41. The van der Waals surface area contributed by atoms with Crippen molar-refractivity contribution in [3.8, 4) is 0 Å². The highest BCUT2D eigenvalue weighted by Gasteiger charge is 2.21. The third-order valence-corrected chi connectivity index (χ3v) is 3.30. The third-order valence-electron chi connectivity index (χ3n) is 3.30. The van der Waals surface area contributed by atoms with E-state index in [2.05, 4.69) is 9.97 Å². The standard InChI is InChI=1S/C14H17N3O4/c1-4-5-17-11-10(12(18)16-14(17)21)9(7(2)3)8(6-15-11)13(19)20/h6-7H,4-5H2,1-3H3,(H,19,20)(H,16,18,21). The SMILES string of the molecule is CCCn1c(=O)[nH]c(=O)c2c(C(C)C)c(C(=O)O)cnc21. The van der Waals surface area contributed by atoms with Gasteiger partial charge < -0.3 is 5.11 Å². The summed E-state index contributed by atoms with van der Waals surface area (Å²) in [6.45, 7) is 5.91. The molecule has 2 heterocycles. The number of aromatic nitrogens is 3. The number of hydrogen-bond donors (Lipinski definition) is 2. The Morgan fingerprint density at radius 3 is 2.62 bits per heavy atom. The molecule has 0 atom stereocenters. The van der Waals surface area contributed by atoms with Gasteiger partial charge in [0.25, 0.3) is 5.56 Å². The van der Waals surface area contributed by atoms with Crippen LogP contribution in [0.2, 0.25) is 0 Å². The van der Waals surface area contributed by atoms with Gasteiger partial charge in [-0.1, -0.05) is 20.8 Å². The number of nitrogens with zero attached hydrogens (tertiary/aromatic N) is 2. The van der Waals surface area contributed by atoms with Crippen molar-refractivity contribution in [3.05, 3.63) is 38.2 Å². The molecule has 0 aliphatic rings.